The second-order valence-corrected chi connectivity index (χ2v) is 6.63. The van der Waals surface area contributed by atoms with E-state index in [1.807, 2.05) is 0 Å². The molecule has 138 valence electrons. The highest BCUT2D eigenvalue weighted by Gasteiger charge is 2.20. The molecule has 1 amide bonds. The molecule has 0 aliphatic rings. The number of nitrogens with one attached hydrogen (secondary N) is 1. The summed E-state index contributed by atoms with van der Waals surface area (Å²) in [5.74, 6) is -1.22. The van der Waals surface area contributed by atoms with E-state index in [4.69, 9.17) is 11.6 Å². The third kappa shape index (κ3) is 4.20. The second kappa shape index (κ2) is 7.68. The van der Waals surface area contributed by atoms with Crippen LogP contribution in [-0.2, 0) is 7.05 Å². The standard InChI is InChI=1S/C15H10ClFN6O3S/c1-22-15(19-20-21-22)27-13-5-2-8(6-12(13)23(25)26)14(24)18-9-3-4-11(17)10(16)7-9/h2-7H,1H3,(H,18,24). The molecule has 1 N–H and O–H groups in total. The molecule has 0 unspecified atom stereocenters. The van der Waals surface area contributed by atoms with Crippen LogP contribution in [-0.4, -0.2) is 31.0 Å². The first-order valence-electron chi connectivity index (χ1n) is 7.30. The van der Waals surface area contributed by atoms with E-state index in [-0.39, 0.29) is 26.9 Å². The Hall–Kier alpha value is -3.05. The van der Waals surface area contributed by atoms with Crippen LogP contribution < -0.4 is 5.32 Å². The Kier molecular flexibility index (Phi) is 5.33. The van der Waals surface area contributed by atoms with Crippen LogP contribution in [0.3, 0.4) is 0 Å². The molecule has 0 spiro atoms. The van der Waals surface area contributed by atoms with Gasteiger partial charge in [-0.1, -0.05) is 11.6 Å². The summed E-state index contributed by atoms with van der Waals surface area (Å²) < 4.78 is 14.6. The van der Waals surface area contributed by atoms with Gasteiger partial charge < -0.3 is 5.32 Å². The van der Waals surface area contributed by atoms with Gasteiger partial charge in [-0.2, -0.15) is 0 Å². The zero-order valence-electron chi connectivity index (χ0n) is 13.6. The van der Waals surface area contributed by atoms with Gasteiger partial charge in [0.1, 0.15) is 5.82 Å². The largest absolute Gasteiger partial charge is 0.322 e. The van der Waals surface area contributed by atoms with Crippen LogP contribution >= 0.6 is 23.4 Å². The minimum absolute atomic E-state index is 0.0580. The fourth-order valence-corrected chi connectivity index (χ4v) is 3.07. The van der Waals surface area contributed by atoms with Crippen LogP contribution in [0.4, 0.5) is 15.8 Å². The Morgan fingerprint density at radius 2 is 2.11 bits per heavy atom. The minimum Gasteiger partial charge on any atom is -0.322 e. The smallest absolute Gasteiger partial charge is 0.284 e. The molecule has 0 radical (unpaired) electrons. The zero-order valence-corrected chi connectivity index (χ0v) is 15.2. The molecule has 12 heteroatoms. The SMILES string of the molecule is Cn1nnnc1Sc1ccc(C(=O)Nc2ccc(F)c(Cl)c2)cc1[N+](=O)[O-]. The van der Waals surface area contributed by atoms with Gasteiger partial charge in [0, 0.05) is 24.4 Å². The molecule has 2 aromatic carbocycles. The maximum atomic E-state index is 13.2. The second-order valence-electron chi connectivity index (χ2n) is 5.21. The van der Waals surface area contributed by atoms with Crippen molar-refractivity contribution in [2.24, 2.45) is 7.05 Å². The summed E-state index contributed by atoms with van der Waals surface area (Å²) in [5.41, 5.74) is 0.0491. The molecule has 3 rings (SSSR count). The Bertz CT molecular complexity index is 1040. The lowest BCUT2D eigenvalue weighted by molar-refractivity contribution is -0.387. The number of hydrogen-bond donors (Lipinski definition) is 1. The van der Waals surface area contributed by atoms with E-state index in [2.05, 4.69) is 20.8 Å². The number of amides is 1. The number of nitro groups is 1. The van der Waals surface area contributed by atoms with Gasteiger partial charge in [-0.05, 0) is 52.5 Å². The maximum absolute atomic E-state index is 13.2. The molecule has 0 fully saturated rings. The van der Waals surface area contributed by atoms with Crippen LogP contribution in [0.5, 0.6) is 0 Å². The number of benzene rings is 2. The fourth-order valence-electron chi connectivity index (χ4n) is 2.07. The number of aryl methyl sites for hydroxylation is 1. The van der Waals surface area contributed by atoms with Gasteiger partial charge in [0.25, 0.3) is 11.6 Å². The predicted octanol–water partition coefficient (Wildman–Crippen LogP) is 3.31. The normalized spacial score (nSPS) is 10.6. The van der Waals surface area contributed by atoms with Gasteiger partial charge in [-0.15, -0.1) is 5.10 Å². The number of carbonyl (C=O) groups is 1. The number of nitro benzene ring substituents is 1. The lowest BCUT2D eigenvalue weighted by Gasteiger charge is -2.07. The first-order chi connectivity index (χ1) is 12.8. The molecule has 27 heavy (non-hydrogen) atoms. The molecule has 1 heterocycles. The molecule has 3 aromatic rings. The van der Waals surface area contributed by atoms with Crippen molar-refractivity contribution in [3.63, 3.8) is 0 Å². The zero-order chi connectivity index (χ0) is 19.6. The topological polar surface area (TPSA) is 116 Å². The highest BCUT2D eigenvalue weighted by Crippen LogP contribution is 2.34. The summed E-state index contributed by atoms with van der Waals surface area (Å²) in [6, 6.07) is 7.69. The van der Waals surface area contributed by atoms with E-state index < -0.39 is 16.6 Å². The van der Waals surface area contributed by atoms with E-state index in [0.29, 0.717) is 5.16 Å². The Morgan fingerprint density at radius 1 is 1.33 bits per heavy atom. The van der Waals surface area contributed by atoms with Gasteiger partial charge in [0.15, 0.2) is 0 Å². The van der Waals surface area contributed by atoms with E-state index in [0.717, 1.165) is 23.9 Å². The highest BCUT2D eigenvalue weighted by molar-refractivity contribution is 7.99. The molecule has 9 nitrogen and oxygen atoms in total. The molecule has 0 atom stereocenters. The Morgan fingerprint density at radius 3 is 2.74 bits per heavy atom. The molecule has 0 bridgehead atoms. The number of hydrogen-bond acceptors (Lipinski definition) is 7. The van der Waals surface area contributed by atoms with Gasteiger partial charge >= 0.3 is 0 Å². The van der Waals surface area contributed by atoms with Crippen LogP contribution in [0.25, 0.3) is 0 Å². The van der Waals surface area contributed by atoms with Gasteiger partial charge in [0.2, 0.25) is 5.16 Å². The van der Waals surface area contributed by atoms with Gasteiger partial charge in [-0.3, -0.25) is 14.9 Å². The van der Waals surface area contributed by atoms with Gasteiger partial charge in [-0.25, -0.2) is 9.07 Å². The molecular weight excluding hydrogens is 399 g/mol. The number of aromatic nitrogens is 4. The molecule has 0 aliphatic heterocycles. The number of halogens is 2. The number of tetrazole rings is 1. The molecular formula is C15H10ClFN6O3S. The van der Waals surface area contributed by atoms with E-state index >= 15 is 0 Å². The van der Waals surface area contributed by atoms with Crippen molar-refractivity contribution in [1.29, 1.82) is 0 Å². The maximum Gasteiger partial charge on any atom is 0.284 e. The molecule has 0 saturated carbocycles. The highest BCUT2D eigenvalue weighted by atomic mass is 35.5. The molecule has 0 saturated heterocycles. The molecule has 0 aliphatic carbocycles. The van der Waals surface area contributed by atoms with Crippen LogP contribution in [0, 0.1) is 15.9 Å². The number of nitrogens with zero attached hydrogens (tertiary/aromatic N) is 5. The Labute approximate surface area is 160 Å². The fraction of sp³-hybridized carbons (Fsp3) is 0.0667. The van der Waals surface area contributed by atoms with Crippen LogP contribution in [0.15, 0.2) is 46.5 Å². The monoisotopic (exact) mass is 408 g/mol. The minimum atomic E-state index is -0.620. The predicted molar refractivity (Wildman–Crippen MR) is 95.4 cm³/mol. The summed E-state index contributed by atoms with van der Waals surface area (Å²) in [4.78, 5) is 23.4. The number of rotatable bonds is 5. The average Bonchev–Trinajstić information content (AvgIpc) is 3.03. The van der Waals surface area contributed by atoms with Crippen LogP contribution in [0.1, 0.15) is 10.4 Å². The van der Waals surface area contributed by atoms with E-state index in [1.54, 1.807) is 7.05 Å². The van der Waals surface area contributed by atoms with Crippen molar-refractivity contribution >= 4 is 40.6 Å². The van der Waals surface area contributed by atoms with Gasteiger partial charge in [0.05, 0.1) is 14.8 Å². The van der Waals surface area contributed by atoms with Crippen molar-refractivity contribution < 1.29 is 14.1 Å². The Balaban J connectivity index is 1.86. The third-order valence-electron chi connectivity index (χ3n) is 3.38. The number of carbonyl (C=O) groups excluding carboxylic acids is 1. The summed E-state index contributed by atoms with van der Waals surface area (Å²) in [5, 5.41) is 25.0. The third-order valence-corrected chi connectivity index (χ3v) is 4.76. The lowest BCUT2D eigenvalue weighted by atomic mass is 10.2. The lowest BCUT2D eigenvalue weighted by Crippen LogP contribution is -2.12. The van der Waals surface area contributed by atoms with Crippen molar-refractivity contribution in [2.75, 3.05) is 5.32 Å². The first-order valence-corrected chi connectivity index (χ1v) is 8.49. The quantitative estimate of drug-likeness (QED) is 0.508. The summed E-state index contributed by atoms with van der Waals surface area (Å²) in [6.07, 6.45) is 0. The van der Waals surface area contributed by atoms with Crippen molar-refractivity contribution in [3.8, 4) is 0 Å². The van der Waals surface area contributed by atoms with E-state index in [9.17, 15) is 19.3 Å². The summed E-state index contributed by atoms with van der Waals surface area (Å²) in [7, 11) is 1.60. The van der Waals surface area contributed by atoms with Crippen LogP contribution in [0.2, 0.25) is 5.02 Å². The number of anilines is 1. The van der Waals surface area contributed by atoms with Crippen molar-refractivity contribution in [3.05, 3.63) is 62.9 Å². The summed E-state index contributed by atoms with van der Waals surface area (Å²) in [6.45, 7) is 0. The summed E-state index contributed by atoms with van der Waals surface area (Å²) >= 11 is 6.67. The van der Waals surface area contributed by atoms with Crippen molar-refractivity contribution in [1.82, 2.24) is 20.2 Å². The first kappa shape index (κ1) is 18.7. The van der Waals surface area contributed by atoms with E-state index in [1.165, 1.54) is 28.9 Å². The average molecular weight is 409 g/mol. The van der Waals surface area contributed by atoms with Crippen molar-refractivity contribution in [2.45, 2.75) is 10.1 Å². The molecule has 1 aromatic heterocycles.